The van der Waals surface area contributed by atoms with E-state index < -0.39 is 16.0 Å². The van der Waals surface area contributed by atoms with Crippen LogP contribution >= 0.6 is 0 Å². The molecule has 0 atom stereocenters. The Bertz CT molecular complexity index is 823. The molecule has 1 aromatic carbocycles. The minimum Gasteiger partial charge on any atom is -0.422 e. The summed E-state index contributed by atoms with van der Waals surface area (Å²) < 4.78 is 38.5. The summed E-state index contributed by atoms with van der Waals surface area (Å²) >= 11 is 0. The van der Waals surface area contributed by atoms with Crippen molar-refractivity contribution in [3.05, 3.63) is 48.3 Å². The van der Waals surface area contributed by atoms with Crippen LogP contribution < -0.4 is 4.74 Å². The summed E-state index contributed by atoms with van der Waals surface area (Å²) in [7, 11) is -2.03. The first-order valence-corrected chi connectivity index (χ1v) is 8.94. The van der Waals surface area contributed by atoms with Crippen LogP contribution in [0.2, 0.25) is 0 Å². The lowest BCUT2D eigenvalue weighted by Gasteiger charge is -2.25. The molecule has 0 radical (unpaired) electrons. The van der Waals surface area contributed by atoms with Gasteiger partial charge in [0.05, 0.1) is 13.2 Å². The molecule has 8 heteroatoms. The fraction of sp³-hybridized carbons (Fsp3) is 0.312. The Balaban J connectivity index is 1.83. The molecule has 24 heavy (non-hydrogen) atoms. The van der Waals surface area contributed by atoms with Crippen molar-refractivity contribution in [2.24, 2.45) is 7.05 Å². The first-order chi connectivity index (χ1) is 11.5. The van der Waals surface area contributed by atoms with Gasteiger partial charge in [0.15, 0.2) is 0 Å². The zero-order chi connectivity index (χ0) is 17.2. The van der Waals surface area contributed by atoms with Crippen LogP contribution in [-0.4, -0.2) is 49.6 Å². The van der Waals surface area contributed by atoms with E-state index in [2.05, 4.69) is 0 Å². The Morgan fingerprint density at radius 3 is 2.50 bits per heavy atom. The summed E-state index contributed by atoms with van der Waals surface area (Å²) in [6.45, 7) is 1.35. The highest BCUT2D eigenvalue weighted by Crippen LogP contribution is 2.21. The number of benzene rings is 1. The van der Waals surface area contributed by atoms with Crippen molar-refractivity contribution in [1.82, 2.24) is 8.87 Å². The summed E-state index contributed by atoms with van der Waals surface area (Å²) in [4.78, 5) is 12.4. The smallest absolute Gasteiger partial charge is 0.360 e. The highest BCUT2D eigenvalue weighted by molar-refractivity contribution is 7.89. The number of morpholine rings is 1. The van der Waals surface area contributed by atoms with Crippen molar-refractivity contribution in [1.29, 1.82) is 0 Å². The highest BCUT2D eigenvalue weighted by Gasteiger charge is 2.29. The van der Waals surface area contributed by atoms with Gasteiger partial charge in [0, 0.05) is 26.3 Å². The summed E-state index contributed by atoms with van der Waals surface area (Å²) in [5.41, 5.74) is 0.172. The first kappa shape index (κ1) is 16.7. The molecular weight excluding hydrogens is 332 g/mol. The summed E-state index contributed by atoms with van der Waals surface area (Å²) in [5, 5.41) is 0. The molecule has 0 unspecified atom stereocenters. The van der Waals surface area contributed by atoms with Crippen LogP contribution in [0.4, 0.5) is 0 Å². The Hall–Kier alpha value is -2.16. The number of carbonyl (C=O) groups excluding carboxylic acids is 1. The predicted molar refractivity (Wildman–Crippen MR) is 86.4 cm³/mol. The van der Waals surface area contributed by atoms with E-state index in [1.165, 1.54) is 21.1 Å². The van der Waals surface area contributed by atoms with Crippen LogP contribution in [0.15, 0.2) is 47.5 Å². The number of hydrogen-bond acceptors (Lipinski definition) is 5. The molecular formula is C16H18N2O5S. The van der Waals surface area contributed by atoms with Gasteiger partial charge in [0.25, 0.3) is 0 Å². The minimum absolute atomic E-state index is 0.0758. The second-order valence-corrected chi connectivity index (χ2v) is 7.33. The maximum Gasteiger partial charge on any atom is 0.360 e. The van der Waals surface area contributed by atoms with E-state index >= 15 is 0 Å². The van der Waals surface area contributed by atoms with Crippen molar-refractivity contribution in [3.63, 3.8) is 0 Å². The van der Waals surface area contributed by atoms with Gasteiger partial charge in [-0.1, -0.05) is 18.2 Å². The fourth-order valence-corrected chi connectivity index (χ4v) is 3.94. The third kappa shape index (κ3) is 3.35. The Morgan fingerprint density at radius 1 is 1.17 bits per heavy atom. The zero-order valence-corrected chi connectivity index (χ0v) is 14.0. The fourth-order valence-electron chi connectivity index (χ4n) is 2.46. The van der Waals surface area contributed by atoms with Crippen molar-refractivity contribution in [2.75, 3.05) is 26.3 Å². The van der Waals surface area contributed by atoms with Gasteiger partial charge in [0.1, 0.15) is 16.3 Å². The van der Waals surface area contributed by atoms with Crippen molar-refractivity contribution < 1.29 is 22.7 Å². The number of rotatable bonds is 4. The third-order valence-electron chi connectivity index (χ3n) is 3.75. The molecule has 7 nitrogen and oxygen atoms in total. The van der Waals surface area contributed by atoms with Crippen molar-refractivity contribution in [3.8, 4) is 5.75 Å². The molecule has 2 aromatic rings. The van der Waals surface area contributed by atoms with E-state index in [1.54, 1.807) is 31.3 Å². The van der Waals surface area contributed by atoms with Gasteiger partial charge in [-0.3, -0.25) is 0 Å². The number of para-hydroxylation sites is 1. The summed E-state index contributed by atoms with van der Waals surface area (Å²) in [6, 6.07) is 9.98. The predicted octanol–water partition coefficient (Wildman–Crippen LogP) is 1.27. The Labute approximate surface area is 140 Å². The monoisotopic (exact) mass is 350 g/mol. The topological polar surface area (TPSA) is 77.8 Å². The van der Waals surface area contributed by atoms with Gasteiger partial charge >= 0.3 is 5.97 Å². The molecule has 0 amide bonds. The standard InChI is InChI=1S/C16H18N2O5S/c1-17-12-14(24(20,21)18-7-9-22-10-8-18)11-15(17)16(19)23-13-5-3-2-4-6-13/h2-6,11-12H,7-10H2,1H3. The molecule has 0 N–H and O–H groups in total. The second kappa shape index (κ2) is 6.76. The van der Waals surface area contributed by atoms with Crippen molar-refractivity contribution >= 4 is 16.0 Å². The Kier molecular flexibility index (Phi) is 4.70. The molecule has 1 saturated heterocycles. The molecule has 0 spiro atoms. The SMILES string of the molecule is Cn1cc(S(=O)(=O)N2CCOCC2)cc1C(=O)Oc1ccccc1. The molecule has 1 aromatic heterocycles. The van der Waals surface area contributed by atoms with E-state index in [9.17, 15) is 13.2 Å². The normalized spacial score (nSPS) is 16.0. The van der Waals surface area contributed by atoms with Crippen LogP contribution in [0.5, 0.6) is 5.75 Å². The van der Waals surface area contributed by atoms with Crippen LogP contribution in [0.1, 0.15) is 10.5 Å². The molecule has 0 bridgehead atoms. The van der Waals surface area contributed by atoms with Gasteiger partial charge in [-0.05, 0) is 18.2 Å². The largest absolute Gasteiger partial charge is 0.422 e. The zero-order valence-electron chi connectivity index (χ0n) is 13.2. The number of hydrogen-bond donors (Lipinski definition) is 0. The van der Waals surface area contributed by atoms with Crippen LogP contribution in [0.25, 0.3) is 0 Å². The highest BCUT2D eigenvalue weighted by atomic mass is 32.2. The number of sulfonamides is 1. The molecule has 1 fully saturated rings. The van der Waals surface area contributed by atoms with E-state index in [0.29, 0.717) is 32.1 Å². The number of nitrogens with zero attached hydrogens (tertiary/aromatic N) is 2. The molecule has 2 heterocycles. The number of carbonyl (C=O) groups is 1. The molecule has 1 aliphatic rings. The lowest BCUT2D eigenvalue weighted by molar-refractivity contribution is 0.0723. The molecule has 128 valence electrons. The van der Waals surface area contributed by atoms with E-state index in [-0.39, 0.29) is 10.6 Å². The van der Waals surface area contributed by atoms with E-state index in [4.69, 9.17) is 9.47 Å². The van der Waals surface area contributed by atoms with Gasteiger partial charge < -0.3 is 14.0 Å². The third-order valence-corrected chi connectivity index (χ3v) is 5.61. The van der Waals surface area contributed by atoms with Crippen LogP contribution in [0.3, 0.4) is 0 Å². The van der Waals surface area contributed by atoms with E-state index in [0.717, 1.165) is 0 Å². The molecule has 3 rings (SSSR count). The van der Waals surface area contributed by atoms with Gasteiger partial charge in [0.2, 0.25) is 10.0 Å². The van der Waals surface area contributed by atoms with Crippen molar-refractivity contribution in [2.45, 2.75) is 4.90 Å². The molecule has 0 aliphatic carbocycles. The Morgan fingerprint density at radius 2 is 1.83 bits per heavy atom. The van der Waals surface area contributed by atoms with Gasteiger partial charge in [-0.2, -0.15) is 4.31 Å². The van der Waals surface area contributed by atoms with E-state index in [1.807, 2.05) is 6.07 Å². The number of aryl methyl sites for hydroxylation is 1. The van der Waals surface area contributed by atoms with Gasteiger partial charge in [-0.25, -0.2) is 13.2 Å². The average molecular weight is 350 g/mol. The maximum absolute atomic E-state index is 12.6. The lowest BCUT2D eigenvalue weighted by atomic mass is 10.3. The lowest BCUT2D eigenvalue weighted by Crippen LogP contribution is -2.40. The second-order valence-electron chi connectivity index (χ2n) is 5.39. The molecule has 1 aliphatic heterocycles. The quantitative estimate of drug-likeness (QED) is 0.613. The average Bonchev–Trinajstić information content (AvgIpc) is 2.99. The molecule has 0 saturated carbocycles. The number of esters is 1. The minimum atomic E-state index is -3.65. The van der Waals surface area contributed by atoms with Crippen LogP contribution in [-0.2, 0) is 21.8 Å². The number of aromatic nitrogens is 1. The number of ether oxygens (including phenoxy) is 2. The van der Waals surface area contributed by atoms with Gasteiger partial charge in [-0.15, -0.1) is 0 Å². The summed E-state index contributed by atoms with van der Waals surface area (Å²) in [6.07, 6.45) is 1.42. The summed E-state index contributed by atoms with van der Waals surface area (Å²) in [5.74, 6) is -0.201. The maximum atomic E-state index is 12.6. The first-order valence-electron chi connectivity index (χ1n) is 7.50. The van der Waals surface area contributed by atoms with Crippen LogP contribution in [0, 0.1) is 0 Å².